The monoisotopic (exact) mass is 249 g/mol. The Hall–Kier alpha value is -2.08. The molecule has 1 N–H and O–H groups in total. The van der Waals surface area contributed by atoms with Crippen LogP contribution in [0.2, 0.25) is 0 Å². The van der Waals surface area contributed by atoms with E-state index >= 15 is 0 Å². The quantitative estimate of drug-likeness (QED) is 0.854. The summed E-state index contributed by atoms with van der Waals surface area (Å²) in [6.45, 7) is 0.402. The molecule has 0 aliphatic heterocycles. The number of rotatable bonds is 5. The second kappa shape index (κ2) is 5.50. The van der Waals surface area contributed by atoms with Crippen molar-refractivity contribution < 1.29 is 14.6 Å². The average Bonchev–Trinajstić information content (AvgIpc) is 2.86. The van der Waals surface area contributed by atoms with E-state index in [-0.39, 0.29) is 6.61 Å². The lowest BCUT2D eigenvalue weighted by Crippen LogP contribution is -2.06. The molecule has 1 aromatic carbocycles. The number of methoxy groups -OCH3 is 2. The summed E-state index contributed by atoms with van der Waals surface area (Å²) in [5, 5.41) is 16.7. The summed E-state index contributed by atoms with van der Waals surface area (Å²) < 4.78 is 12.1. The zero-order valence-corrected chi connectivity index (χ0v) is 10.3. The molecule has 1 heterocycles. The van der Waals surface area contributed by atoms with E-state index in [9.17, 15) is 0 Å². The number of aliphatic hydroxyl groups is 1. The van der Waals surface area contributed by atoms with E-state index in [0.717, 1.165) is 17.0 Å². The van der Waals surface area contributed by atoms with E-state index in [4.69, 9.17) is 14.6 Å². The molecule has 0 atom stereocenters. The van der Waals surface area contributed by atoms with Crippen molar-refractivity contribution in [1.82, 2.24) is 15.0 Å². The molecule has 0 saturated carbocycles. The summed E-state index contributed by atoms with van der Waals surface area (Å²) >= 11 is 0. The van der Waals surface area contributed by atoms with E-state index in [1.807, 2.05) is 12.1 Å². The molecule has 18 heavy (non-hydrogen) atoms. The molecule has 96 valence electrons. The van der Waals surface area contributed by atoms with Crippen molar-refractivity contribution in [3.8, 4) is 22.8 Å². The molecule has 0 saturated heterocycles. The summed E-state index contributed by atoms with van der Waals surface area (Å²) in [7, 11) is 3.20. The third-order valence-electron chi connectivity index (χ3n) is 2.61. The van der Waals surface area contributed by atoms with Gasteiger partial charge in [0.1, 0.15) is 11.5 Å². The Labute approximate surface area is 105 Å². The molecule has 0 aliphatic carbocycles. The average molecular weight is 249 g/mol. The summed E-state index contributed by atoms with van der Waals surface area (Å²) in [6, 6.07) is 5.52. The Morgan fingerprint density at radius 2 is 2.11 bits per heavy atom. The molecule has 0 aliphatic rings. The van der Waals surface area contributed by atoms with Crippen LogP contribution in [-0.2, 0) is 6.54 Å². The number of hydrogen-bond donors (Lipinski definition) is 1. The normalized spacial score (nSPS) is 10.4. The minimum atomic E-state index is 0.00876. The molecule has 0 unspecified atom stereocenters. The Balaban J connectivity index is 2.46. The number of benzene rings is 1. The van der Waals surface area contributed by atoms with Crippen molar-refractivity contribution in [1.29, 1.82) is 0 Å². The highest BCUT2D eigenvalue weighted by Gasteiger charge is 2.12. The predicted octanol–water partition coefficient (Wildman–Crippen LogP) is 0.955. The van der Waals surface area contributed by atoms with E-state index in [1.54, 1.807) is 31.2 Å². The lowest BCUT2D eigenvalue weighted by molar-refractivity contribution is 0.268. The molecule has 0 spiro atoms. The first-order valence-corrected chi connectivity index (χ1v) is 5.52. The summed E-state index contributed by atoms with van der Waals surface area (Å²) in [5.41, 5.74) is 1.65. The number of ether oxygens (including phenoxy) is 2. The van der Waals surface area contributed by atoms with Crippen LogP contribution < -0.4 is 9.47 Å². The molecule has 0 radical (unpaired) electrons. The Morgan fingerprint density at radius 3 is 2.78 bits per heavy atom. The highest BCUT2D eigenvalue weighted by Crippen LogP contribution is 2.32. The van der Waals surface area contributed by atoms with E-state index in [2.05, 4.69) is 10.3 Å². The van der Waals surface area contributed by atoms with Crippen LogP contribution in [0.25, 0.3) is 11.3 Å². The molecule has 0 amide bonds. The van der Waals surface area contributed by atoms with Crippen molar-refractivity contribution in [3.63, 3.8) is 0 Å². The topological polar surface area (TPSA) is 69.4 Å². The molecule has 2 aromatic rings. The maximum Gasteiger partial charge on any atom is 0.131 e. The molecule has 6 nitrogen and oxygen atoms in total. The standard InChI is InChI=1S/C12H15N3O3/c1-17-9-3-4-10(12(7-9)18-2)11-8-13-14-15(11)5-6-16/h3-4,7-8,16H,5-6H2,1-2H3. The van der Waals surface area contributed by atoms with Gasteiger partial charge in [0.15, 0.2) is 0 Å². The van der Waals surface area contributed by atoms with Gasteiger partial charge in [0, 0.05) is 11.6 Å². The van der Waals surface area contributed by atoms with E-state index < -0.39 is 0 Å². The minimum Gasteiger partial charge on any atom is -0.497 e. The highest BCUT2D eigenvalue weighted by molar-refractivity contribution is 5.68. The number of aliphatic hydroxyl groups excluding tert-OH is 1. The van der Waals surface area contributed by atoms with Gasteiger partial charge in [-0.2, -0.15) is 0 Å². The molecular formula is C12H15N3O3. The van der Waals surface area contributed by atoms with Gasteiger partial charge < -0.3 is 14.6 Å². The van der Waals surface area contributed by atoms with Gasteiger partial charge in [0.2, 0.25) is 0 Å². The van der Waals surface area contributed by atoms with Crippen LogP contribution in [0.4, 0.5) is 0 Å². The fourth-order valence-corrected chi connectivity index (χ4v) is 1.74. The first-order valence-electron chi connectivity index (χ1n) is 5.52. The first kappa shape index (κ1) is 12.4. The van der Waals surface area contributed by atoms with Crippen LogP contribution in [0.15, 0.2) is 24.4 Å². The van der Waals surface area contributed by atoms with Gasteiger partial charge >= 0.3 is 0 Å². The molecular weight excluding hydrogens is 234 g/mol. The maximum absolute atomic E-state index is 8.98. The van der Waals surface area contributed by atoms with Crippen LogP contribution >= 0.6 is 0 Å². The number of nitrogens with zero attached hydrogens (tertiary/aromatic N) is 3. The lowest BCUT2D eigenvalue weighted by Gasteiger charge is -2.11. The predicted molar refractivity (Wildman–Crippen MR) is 65.6 cm³/mol. The Morgan fingerprint density at radius 1 is 1.28 bits per heavy atom. The van der Waals surface area contributed by atoms with Crippen molar-refractivity contribution in [2.75, 3.05) is 20.8 Å². The Bertz CT molecular complexity index is 525. The largest absolute Gasteiger partial charge is 0.497 e. The van der Waals surface area contributed by atoms with Crippen LogP contribution in [0.3, 0.4) is 0 Å². The van der Waals surface area contributed by atoms with Crippen LogP contribution in [-0.4, -0.2) is 40.9 Å². The van der Waals surface area contributed by atoms with Gasteiger partial charge in [0.25, 0.3) is 0 Å². The van der Waals surface area contributed by atoms with Gasteiger partial charge in [0.05, 0.1) is 39.3 Å². The van der Waals surface area contributed by atoms with Gasteiger partial charge in [-0.15, -0.1) is 5.10 Å². The van der Waals surface area contributed by atoms with Gasteiger partial charge in [-0.1, -0.05) is 5.21 Å². The van der Waals surface area contributed by atoms with Crippen LogP contribution in [0, 0.1) is 0 Å². The third-order valence-corrected chi connectivity index (χ3v) is 2.61. The summed E-state index contributed by atoms with van der Waals surface area (Å²) in [5.74, 6) is 1.40. The lowest BCUT2D eigenvalue weighted by atomic mass is 10.1. The van der Waals surface area contributed by atoms with Gasteiger partial charge in [-0.05, 0) is 12.1 Å². The van der Waals surface area contributed by atoms with Crippen molar-refractivity contribution in [2.24, 2.45) is 0 Å². The van der Waals surface area contributed by atoms with Crippen molar-refractivity contribution >= 4 is 0 Å². The molecule has 0 bridgehead atoms. The fraction of sp³-hybridized carbons (Fsp3) is 0.333. The molecule has 2 rings (SSSR count). The molecule has 0 fully saturated rings. The smallest absolute Gasteiger partial charge is 0.131 e. The number of hydrogen-bond acceptors (Lipinski definition) is 5. The molecule has 1 aromatic heterocycles. The first-order chi connectivity index (χ1) is 8.80. The van der Waals surface area contributed by atoms with Gasteiger partial charge in [-0.3, -0.25) is 0 Å². The number of aromatic nitrogens is 3. The summed E-state index contributed by atoms with van der Waals surface area (Å²) in [6.07, 6.45) is 1.64. The summed E-state index contributed by atoms with van der Waals surface area (Å²) in [4.78, 5) is 0. The van der Waals surface area contributed by atoms with Crippen molar-refractivity contribution in [3.05, 3.63) is 24.4 Å². The third kappa shape index (κ3) is 2.28. The molecule has 6 heteroatoms. The van der Waals surface area contributed by atoms with Gasteiger partial charge in [-0.25, -0.2) is 4.68 Å². The zero-order chi connectivity index (χ0) is 13.0. The SMILES string of the molecule is COc1ccc(-c2cnnn2CCO)c(OC)c1. The zero-order valence-electron chi connectivity index (χ0n) is 10.3. The van der Waals surface area contributed by atoms with E-state index in [0.29, 0.717) is 12.3 Å². The van der Waals surface area contributed by atoms with Crippen LogP contribution in [0.1, 0.15) is 0 Å². The fourth-order valence-electron chi connectivity index (χ4n) is 1.74. The van der Waals surface area contributed by atoms with Crippen molar-refractivity contribution in [2.45, 2.75) is 6.54 Å². The minimum absolute atomic E-state index is 0.00876. The Kier molecular flexibility index (Phi) is 3.78. The second-order valence-corrected chi connectivity index (χ2v) is 3.63. The second-order valence-electron chi connectivity index (χ2n) is 3.63. The van der Waals surface area contributed by atoms with Crippen LogP contribution in [0.5, 0.6) is 11.5 Å². The highest BCUT2D eigenvalue weighted by atomic mass is 16.5. The van der Waals surface area contributed by atoms with E-state index in [1.165, 1.54) is 0 Å². The maximum atomic E-state index is 8.98.